The van der Waals surface area contributed by atoms with Gasteiger partial charge in [-0.15, -0.1) is 0 Å². The van der Waals surface area contributed by atoms with E-state index in [2.05, 4.69) is 67.6 Å². The van der Waals surface area contributed by atoms with Crippen LogP contribution in [0, 0.1) is 0 Å². The van der Waals surface area contributed by atoms with Crippen molar-refractivity contribution < 1.29 is 0 Å². The van der Waals surface area contributed by atoms with Gasteiger partial charge in [-0.3, -0.25) is 0 Å². The molecule has 0 saturated heterocycles. The molecule has 0 spiro atoms. The molecule has 0 fully saturated rings. The number of hydrogen-bond donors (Lipinski definition) is 0. The summed E-state index contributed by atoms with van der Waals surface area (Å²) in [6.45, 7) is 2.22. The minimum Gasteiger partial charge on any atom is -0.0882 e. The summed E-state index contributed by atoms with van der Waals surface area (Å²) < 4.78 is 0. The maximum absolute atomic E-state index is 2.27. The van der Waals surface area contributed by atoms with E-state index in [-0.39, 0.29) is 0 Å². The van der Waals surface area contributed by atoms with Gasteiger partial charge >= 0.3 is 0 Å². The zero-order valence-corrected chi connectivity index (χ0v) is 10.7. The van der Waals surface area contributed by atoms with Gasteiger partial charge in [0.05, 0.1) is 0 Å². The number of hydrogen-bond acceptors (Lipinski definition) is 0. The third kappa shape index (κ3) is 7.35. The van der Waals surface area contributed by atoms with Gasteiger partial charge in [-0.05, 0) is 18.4 Å². The largest absolute Gasteiger partial charge is 0.0882 e. The fourth-order valence-electron chi connectivity index (χ4n) is 1.50. The van der Waals surface area contributed by atoms with Gasteiger partial charge in [0.15, 0.2) is 0 Å². The van der Waals surface area contributed by atoms with E-state index in [1.807, 2.05) is 6.07 Å². The van der Waals surface area contributed by atoms with Crippen molar-refractivity contribution >= 4 is 6.08 Å². The van der Waals surface area contributed by atoms with Crippen LogP contribution in [0.3, 0.4) is 0 Å². The fourth-order valence-corrected chi connectivity index (χ4v) is 1.50. The monoisotopic (exact) mass is 226 g/mol. The van der Waals surface area contributed by atoms with Gasteiger partial charge in [-0.25, -0.2) is 0 Å². The Hall–Kier alpha value is -1.56. The minimum atomic E-state index is 1.03. The highest BCUT2D eigenvalue weighted by Gasteiger charge is 1.79. The Kier molecular flexibility index (Phi) is 7.67. The molecule has 0 aliphatic heterocycles. The van der Waals surface area contributed by atoms with Gasteiger partial charge in [0.25, 0.3) is 0 Å². The Morgan fingerprint density at radius 1 is 0.941 bits per heavy atom. The van der Waals surface area contributed by atoms with Gasteiger partial charge < -0.3 is 0 Å². The lowest BCUT2D eigenvalue weighted by Crippen LogP contribution is -1.67. The molecule has 17 heavy (non-hydrogen) atoms. The first-order valence-corrected chi connectivity index (χ1v) is 6.46. The number of rotatable bonds is 7. The van der Waals surface area contributed by atoms with E-state index < -0.39 is 0 Å². The second-order valence-electron chi connectivity index (χ2n) is 4.05. The summed E-state index contributed by atoms with van der Waals surface area (Å²) in [5, 5.41) is 0. The molecule has 0 atom stereocenters. The van der Waals surface area contributed by atoms with Crippen molar-refractivity contribution in [1.29, 1.82) is 0 Å². The standard InChI is InChI=1S/C17H22/c1-2-3-4-5-6-7-8-9-11-14-17-15-12-10-13-16-17/h5-6,8-16H,2-4,7H2,1H3/b6-5+,9-8+,14-11+. The summed E-state index contributed by atoms with van der Waals surface area (Å²) in [7, 11) is 0. The molecule has 0 heteroatoms. The lowest BCUT2D eigenvalue weighted by Gasteiger charge is -1.88. The maximum atomic E-state index is 2.27. The Morgan fingerprint density at radius 3 is 2.53 bits per heavy atom. The molecule has 0 nitrogen and oxygen atoms in total. The normalized spacial score (nSPS) is 12.1. The SMILES string of the molecule is CCCC/C=C/C/C=C/C=C/c1ccccc1. The van der Waals surface area contributed by atoms with Crippen LogP contribution in [-0.2, 0) is 0 Å². The lowest BCUT2D eigenvalue weighted by molar-refractivity contribution is 0.813. The third-order valence-corrected chi connectivity index (χ3v) is 2.50. The van der Waals surface area contributed by atoms with Crippen molar-refractivity contribution in [2.75, 3.05) is 0 Å². The van der Waals surface area contributed by atoms with E-state index in [9.17, 15) is 0 Å². The average Bonchev–Trinajstić information content (AvgIpc) is 2.38. The van der Waals surface area contributed by atoms with Crippen molar-refractivity contribution in [2.24, 2.45) is 0 Å². The van der Waals surface area contributed by atoms with Crippen LogP contribution in [0.25, 0.3) is 6.08 Å². The van der Waals surface area contributed by atoms with Crippen LogP contribution in [0.1, 0.15) is 38.2 Å². The van der Waals surface area contributed by atoms with E-state index in [0.717, 1.165) is 6.42 Å². The van der Waals surface area contributed by atoms with E-state index in [1.165, 1.54) is 24.8 Å². The first-order valence-electron chi connectivity index (χ1n) is 6.46. The third-order valence-electron chi connectivity index (χ3n) is 2.50. The molecule has 0 saturated carbocycles. The van der Waals surface area contributed by atoms with Crippen molar-refractivity contribution in [3.05, 3.63) is 66.3 Å². The second-order valence-corrected chi connectivity index (χ2v) is 4.05. The van der Waals surface area contributed by atoms with E-state index in [1.54, 1.807) is 0 Å². The molecule has 0 heterocycles. The number of unbranched alkanes of at least 4 members (excludes halogenated alkanes) is 2. The quantitative estimate of drug-likeness (QED) is 0.332. The molecule has 0 aliphatic carbocycles. The Bertz CT molecular complexity index is 355. The van der Waals surface area contributed by atoms with Crippen molar-refractivity contribution in [3.8, 4) is 0 Å². The van der Waals surface area contributed by atoms with Crippen molar-refractivity contribution in [3.63, 3.8) is 0 Å². The molecule has 0 bridgehead atoms. The Balaban J connectivity index is 2.18. The molecule has 1 rings (SSSR count). The molecule has 0 unspecified atom stereocenters. The zero-order valence-electron chi connectivity index (χ0n) is 10.7. The summed E-state index contributed by atoms with van der Waals surface area (Å²) >= 11 is 0. The van der Waals surface area contributed by atoms with Gasteiger partial charge in [-0.2, -0.15) is 0 Å². The summed E-state index contributed by atoms with van der Waals surface area (Å²) in [5.74, 6) is 0. The lowest BCUT2D eigenvalue weighted by atomic mass is 10.2. The van der Waals surface area contributed by atoms with Gasteiger partial charge in [0.2, 0.25) is 0 Å². The topological polar surface area (TPSA) is 0 Å². The molecule has 0 amide bonds. The van der Waals surface area contributed by atoms with Crippen LogP contribution in [-0.4, -0.2) is 0 Å². The van der Waals surface area contributed by atoms with Gasteiger partial charge in [0.1, 0.15) is 0 Å². The summed E-state index contributed by atoms with van der Waals surface area (Å²) in [6.07, 6.45) is 17.8. The van der Waals surface area contributed by atoms with E-state index in [0.29, 0.717) is 0 Å². The second kappa shape index (κ2) is 9.65. The van der Waals surface area contributed by atoms with E-state index in [4.69, 9.17) is 0 Å². The molecule has 0 N–H and O–H groups in total. The molecule has 0 aromatic heterocycles. The summed E-state index contributed by atoms with van der Waals surface area (Å²) in [5.41, 5.74) is 1.25. The summed E-state index contributed by atoms with van der Waals surface area (Å²) in [6, 6.07) is 10.4. The Morgan fingerprint density at radius 2 is 1.76 bits per heavy atom. The maximum Gasteiger partial charge on any atom is -0.0166 e. The molecule has 90 valence electrons. The number of benzene rings is 1. The van der Waals surface area contributed by atoms with Crippen LogP contribution in [0.4, 0.5) is 0 Å². The minimum absolute atomic E-state index is 1.03. The van der Waals surface area contributed by atoms with Crippen LogP contribution in [0.5, 0.6) is 0 Å². The predicted molar refractivity (Wildman–Crippen MR) is 77.9 cm³/mol. The molecule has 1 aromatic rings. The van der Waals surface area contributed by atoms with Crippen LogP contribution < -0.4 is 0 Å². The van der Waals surface area contributed by atoms with E-state index >= 15 is 0 Å². The smallest absolute Gasteiger partial charge is 0.0166 e. The van der Waals surface area contributed by atoms with Crippen LogP contribution >= 0.6 is 0 Å². The summed E-state index contributed by atoms with van der Waals surface area (Å²) in [4.78, 5) is 0. The molecular formula is C17H22. The first kappa shape index (κ1) is 13.5. The van der Waals surface area contributed by atoms with Crippen LogP contribution in [0.15, 0.2) is 60.7 Å². The van der Waals surface area contributed by atoms with Gasteiger partial charge in [0, 0.05) is 0 Å². The highest BCUT2D eigenvalue weighted by Crippen LogP contribution is 2.01. The molecular weight excluding hydrogens is 204 g/mol. The molecule has 1 aromatic carbocycles. The zero-order chi connectivity index (χ0) is 12.2. The van der Waals surface area contributed by atoms with Crippen LogP contribution in [0.2, 0.25) is 0 Å². The molecule has 0 radical (unpaired) electrons. The predicted octanol–water partition coefficient (Wildman–Crippen LogP) is 5.39. The Labute approximate surface area is 105 Å². The highest BCUT2D eigenvalue weighted by molar-refractivity contribution is 5.50. The number of allylic oxidation sites excluding steroid dienone is 5. The van der Waals surface area contributed by atoms with Crippen molar-refractivity contribution in [1.82, 2.24) is 0 Å². The average molecular weight is 226 g/mol. The fraction of sp³-hybridized carbons (Fsp3) is 0.294. The highest BCUT2D eigenvalue weighted by atomic mass is 13.9. The first-order chi connectivity index (χ1) is 8.43. The molecule has 0 aliphatic rings. The van der Waals surface area contributed by atoms with Crippen molar-refractivity contribution in [2.45, 2.75) is 32.6 Å². The van der Waals surface area contributed by atoms with Gasteiger partial charge in [-0.1, -0.05) is 86.6 Å².